The molecule has 4 nitrogen and oxygen atoms in total. The lowest BCUT2D eigenvalue weighted by Gasteiger charge is -2.08. The normalized spacial score (nSPS) is 12.9. The van der Waals surface area contributed by atoms with Crippen LogP contribution in [0, 0.1) is 0 Å². The quantitative estimate of drug-likeness (QED) is 0.369. The van der Waals surface area contributed by atoms with Crippen LogP contribution in [0.4, 0.5) is 13.2 Å². The van der Waals surface area contributed by atoms with E-state index in [2.05, 4.69) is 4.18 Å². The molecule has 0 N–H and O–H groups in total. The molecular formula is C9H17F3O4S. The Morgan fingerprint density at radius 1 is 1.00 bits per heavy atom. The Bertz CT molecular complexity index is 287. The molecule has 0 fully saturated rings. The molecule has 0 unspecified atom stereocenters. The molecule has 104 valence electrons. The third-order valence-corrected chi connectivity index (χ3v) is 2.89. The lowest BCUT2D eigenvalue weighted by Crippen LogP contribution is -2.25. The average Bonchev–Trinajstić information content (AvgIpc) is 2.20. The minimum atomic E-state index is -5.44. The van der Waals surface area contributed by atoms with Crippen LogP contribution in [0.5, 0.6) is 0 Å². The zero-order chi connectivity index (χ0) is 13.4. The van der Waals surface area contributed by atoms with Gasteiger partial charge in [-0.1, -0.05) is 13.3 Å². The zero-order valence-electron chi connectivity index (χ0n) is 9.62. The van der Waals surface area contributed by atoms with Crippen molar-refractivity contribution >= 4 is 10.1 Å². The highest BCUT2D eigenvalue weighted by molar-refractivity contribution is 7.87. The predicted molar refractivity (Wildman–Crippen MR) is 55.9 cm³/mol. The summed E-state index contributed by atoms with van der Waals surface area (Å²) in [5, 5.41) is 0. The van der Waals surface area contributed by atoms with Crippen molar-refractivity contribution in [1.82, 2.24) is 0 Å². The molecule has 0 saturated heterocycles. The van der Waals surface area contributed by atoms with Crippen LogP contribution >= 0.6 is 0 Å². The van der Waals surface area contributed by atoms with Crippen molar-refractivity contribution in [2.45, 2.75) is 38.1 Å². The van der Waals surface area contributed by atoms with Crippen molar-refractivity contribution in [2.24, 2.45) is 0 Å². The fourth-order valence-electron chi connectivity index (χ4n) is 0.890. The van der Waals surface area contributed by atoms with Crippen molar-refractivity contribution in [1.29, 1.82) is 0 Å². The summed E-state index contributed by atoms with van der Waals surface area (Å²) < 4.78 is 65.3. The van der Waals surface area contributed by atoms with E-state index in [1.807, 2.05) is 6.92 Å². The van der Waals surface area contributed by atoms with E-state index < -0.39 is 22.2 Å². The molecule has 0 aromatic heterocycles. The summed E-state index contributed by atoms with van der Waals surface area (Å²) in [7, 11) is -5.44. The second kappa shape index (κ2) is 7.88. The maximum Gasteiger partial charge on any atom is 0.523 e. The van der Waals surface area contributed by atoms with Gasteiger partial charge in [0.15, 0.2) is 0 Å². The van der Waals surface area contributed by atoms with Crippen molar-refractivity contribution in [3.05, 3.63) is 0 Å². The standard InChI is InChI=1S/C9H17F3O4S/c1-2-3-6-15-7-4-5-8-16-17(13,14)9(10,11)12/h2-8H2,1H3. The Labute approximate surface area is 99.2 Å². The van der Waals surface area contributed by atoms with Gasteiger partial charge in [-0.15, -0.1) is 0 Å². The van der Waals surface area contributed by atoms with E-state index in [0.717, 1.165) is 12.8 Å². The summed E-state index contributed by atoms with van der Waals surface area (Å²) in [5.74, 6) is 0. The third-order valence-electron chi connectivity index (χ3n) is 1.85. The first kappa shape index (κ1) is 16.7. The molecule has 0 aliphatic rings. The van der Waals surface area contributed by atoms with Crippen molar-refractivity contribution < 1.29 is 30.5 Å². The molecule has 0 radical (unpaired) electrons. The lowest BCUT2D eigenvalue weighted by atomic mass is 10.3. The minimum absolute atomic E-state index is 0.210. The Balaban J connectivity index is 3.53. The summed E-state index contributed by atoms with van der Waals surface area (Å²) in [6.07, 6.45) is 2.62. The molecular weight excluding hydrogens is 261 g/mol. The average molecular weight is 278 g/mol. The number of rotatable bonds is 9. The second-order valence-corrected chi connectivity index (χ2v) is 5.00. The topological polar surface area (TPSA) is 52.6 Å². The molecule has 0 aliphatic heterocycles. The summed E-state index contributed by atoms with van der Waals surface area (Å²) in [5.41, 5.74) is -5.34. The van der Waals surface area contributed by atoms with Gasteiger partial charge >= 0.3 is 15.6 Å². The number of unbranched alkanes of at least 4 members (excludes halogenated alkanes) is 2. The largest absolute Gasteiger partial charge is 0.523 e. The van der Waals surface area contributed by atoms with Crippen molar-refractivity contribution in [3.63, 3.8) is 0 Å². The van der Waals surface area contributed by atoms with Crippen molar-refractivity contribution in [3.8, 4) is 0 Å². The van der Waals surface area contributed by atoms with Gasteiger partial charge in [0.1, 0.15) is 0 Å². The summed E-state index contributed by atoms with van der Waals surface area (Å²) in [6.45, 7) is 2.55. The summed E-state index contributed by atoms with van der Waals surface area (Å²) in [6, 6.07) is 0. The van der Waals surface area contributed by atoms with Gasteiger partial charge < -0.3 is 4.74 Å². The van der Waals surface area contributed by atoms with E-state index >= 15 is 0 Å². The molecule has 17 heavy (non-hydrogen) atoms. The number of hydrogen-bond acceptors (Lipinski definition) is 4. The SMILES string of the molecule is CCCCOCCCCOS(=O)(=O)C(F)(F)F. The molecule has 0 bridgehead atoms. The fraction of sp³-hybridized carbons (Fsp3) is 1.00. The van der Waals surface area contributed by atoms with E-state index in [-0.39, 0.29) is 6.42 Å². The molecule has 0 aromatic rings. The molecule has 0 aromatic carbocycles. The van der Waals surface area contributed by atoms with Crippen molar-refractivity contribution in [2.75, 3.05) is 19.8 Å². The number of ether oxygens (including phenoxy) is 1. The first-order chi connectivity index (χ1) is 7.81. The van der Waals surface area contributed by atoms with E-state index in [1.165, 1.54) is 0 Å². The van der Waals surface area contributed by atoms with E-state index in [4.69, 9.17) is 4.74 Å². The highest BCUT2D eigenvalue weighted by Gasteiger charge is 2.47. The van der Waals surface area contributed by atoms with Gasteiger partial charge in [0.25, 0.3) is 0 Å². The molecule has 8 heteroatoms. The van der Waals surface area contributed by atoms with E-state index in [1.54, 1.807) is 0 Å². The monoisotopic (exact) mass is 278 g/mol. The van der Waals surface area contributed by atoms with Gasteiger partial charge in [-0.05, 0) is 19.3 Å². The second-order valence-electron chi connectivity index (χ2n) is 3.39. The molecule has 0 heterocycles. The maximum atomic E-state index is 11.8. The van der Waals surface area contributed by atoms with Gasteiger partial charge in [-0.25, -0.2) is 0 Å². The summed E-state index contributed by atoms with van der Waals surface area (Å²) in [4.78, 5) is 0. The first-order valence-corrected chi connectivity index (χ1v) is 6.75. The minimum Gasteiger partial charge on any atom is -0.381 e. The van der Waals surface area contributed by atoms with Crippen LogP contribution in [0.25, 0.3) is 0 Å². The van der Waals surface area contributed by atoms with Gasteiger partial charge in [0.05, 0.1) is 6.61 Å². The lowest BCUT2D eigenvalue weighted by molar-refractivity contribution is -0.0543. The zero-order valence-corrected chi connectivity index (χ0v) is 10.4. The molecule has 0 atom stereocenters. The molecule has 0 aliphatic carbocycles. The highest BCUT2D eigenvalue weighted by Crippen LogP contribution is 2.24. The number of halogens is 3. The molecule has 0 saturated carbocycles. The van der Waals surface area contributed by atoms with E-state index in [9.17, 15) is 21.6 Å². The van der Waals surface area contributed by atoms with Crippen LogP contribution in [-0.4, -0.2) is 33.7 Å². The Kier molecular flexibility index (Phi) is 7.73. The van der Waals surface area contributed by atoms with Gasteiger partial charge in [-0.3, -0.25) is 4.18 Å². The van der Waals surface area contributed by atoms with Crippen LogP contribution in [0.2, 0.25) is 0 Å². The van der Waals surface area contributed by atoms with Crippen LogP contribution in [0.1, 0.15) is 32.6 Å². The molecule has 0 spiro atoms. The van der Waals surface area contributed by atoms with Crippen LogP contribution < -0.4 is 0 Å². The summed E-state index contributed by atoms with van der Waals surface area (Å²) >= 11 is 0. The van der Waals surface area contributed by atoms with Crippen LogP contribution in [0.15, 0.2) is 0 Å². The highest BCUT2D eigenvalue weighted by atomic mass is 32.2. The van der Waals surface area contributed by atoms with E-state index in [0.29, 0.717) is 19.6 Å². The number of alkyl halides is 3. The first-order valence-electron chi connectivity index (χ1n) is 5.34. The van der Waals surface area contributed by atoms with Gasteiger partial charge in [0, 0.05) is 13.2 Å². The van der Waals surface area contributed by atoms with Crippen LogP contribution in [0.3, 0.4) is 0 Å². The smallest absolute Gasteiger partial charge is 0.381 e. The molecule has 0 amide bonds. The van der Waals surface area contributed by atoms with Gasteiger partial charge in [-0.2, -0.15) is 21.6 Å². The Morgan fingerprint density at radius 2 is 1.53 bits per heavy atom. The van der Waals surface area contributed by atoms with Gasteiger partial charge in [0.2, 0.25) is 0 Å². The molecule has 0 rings (SSSR count). The maximum absolute atomic E-state index is 11.8. The Hall–Kier alpha value is -0.340. The third kappa shape index (κ3) is 7.56. The number of hydrogen-bond donors (Lipinski definition) is 0. The van der Waals surface area contributed by atoms with Crippen LogP contribution in [-0.2, 0) is 19.0 Å². The fourth-order valence-corrected chi connectivity index (χ4v) is 1.36. The predicted octanol–water partition coefficient (Wildman–Crippen LogP) is 2.45. The Morgan fingerprint density at radius 3 is 2.06 bits per heavy atom.